The Morgan fingerprint density at radius 3 is 2.23 bits per heavy atom. The Kier molecular flexibility index (Phi) is 6.46. The van der Waals surface area contributed by atoms with Gasteiger partial charge in [-0.3, -0.25) is 9.69 Å². The molecule has 2 aliphatic rings. The number of rotatable bonds is 5. The second-order valence-electron chi connectivity index (χ2n) is 8.74. The molecule has 0 bridgehead atoms. The zero-order chi connectivity index (χ0) is 22.0. The van der Waals surface area contributed by atoms with Gasteiger partial charge in [0.1, 0.15) is 0 Å². The predicted molar refractivity (Wildman–Crippen MR) is 123 cm³/mol. The van der Waals surface area contributed by atoms with Gasteiger partial charge in [0.25, 0.3) is 0 Å². The third kappa shape index (κ3) is 5.17. The number of aryl methyl sites for hydroxylation is 4. The summed E-state index contributed by atoms with van der Waals surface area (Å²) in [6, 6.07) is 11.6. The molecule has 0 atom stereocenters. The average Bonchev–Trinajstić information content (AvgIpc) is 2.73. The van der Waals surface area contributed by atoms with Gasteiger partial charge in [0.2, 0.25) is 15.9 Å². The second kappa shape index (κ2) is 9.10. The number of sulfonamides is 1. The van der Waals surface area contributed by atoms with Gasteiger partial charge in [0.15, 0.2) is 0 Å². The summed E-state index contributed by atoms with van der Waals surface area (Å²) < 4.78 is 27.8. The van der Waals surface area contributed by atoms with Crippen molar-refractivity contribution in [1.29, 1.82) is 0 Å². The number of amides is 1. The minimum Gasteiger partial charge on any atom is -0.325 e. The van der Waals surface area contributed by atoms with Gasteiger partial charge < -0.3 is 5.32 Å². The molecule has 0 saturated carbocycles. The number of carbonyl (C=O) groups excluding carboxylic acids is 1. The number of nitrogens with one attached hydrogen (secondary N) is 1. The van der Waals surface area contributed by atoms with Crippen LogP contribution in [0, 0.1) is 13.8 Å². The van der Waals surface area contributed by atoms with Gasteiger partial charge in [-0.2, -0.15) is 4.31 Å². The molecule has 0 aromatic heterocycles. The van der Waals surface area contributed by atoms with Crippen LogP contribution in [0.15, 0.2) is 41.3 Å². The average molecular weight is 442 g/mol. The first-order valence-electron chi connectivity index (χ1n) is 11.0. The standard InChI is InChI=1S/C24H31N3O3S/c1-18-13-19(2)15-22(14-18)25-24(28)17-26-9-11-27(12-10-26)31(29,30)23-8-7-20-5-3-4-6-21(20)16-23/h7-8,13-16H,3-6,9-12,17H2,1-2H3,(H,25,28). The molecule has 7 heteroatoms. The van der Waals surface area contributed by atoms with Crippen molar-refractivity contribution in [2.75, 3.05) is 38.0 Å². The van der Waals surface area contributed by atoms with E-state index in [1.54, 1.807) is 10.4 Å². The van der Waals surface area contributed by atoms with Gasteiger partial charge in [0.05, 0.1) is 11.4 Å². The number of piperazine rings is 1. The number of carbonyl (C=O) groups is 1. The fourth-order valence-corrected chi connectivity index (χ4v) is 6.07. The third-order valence-corrected chi connectivity index (χ3v) is 8.06. The quantitative estimate of drug-likeness (QED) is 0.774. The van der Waals surface area contributed by atoms with Crippen LogP contribution in [0.5, 0.6) is 0 Å². The SMILES string of the molecule is Cc1cc(C)cc(NC(=O)CN2CCN(S(=O)(=O)c3ccc4c(c3)CCCC4)CC2)c1. The van der Waals surface area contributed by atoms with Crippen molar-refractivity contribution in [2.45, 2.75) is 44.4 Å². The molecule has 31 heavy (non-hydrogen) atoms. The van der Waals surface area contributed by atoms with Crippen molar-refractivity contribution in [3.8, 4) is 0 Å². The summed E-state index contributed by atoms with van der Waals surface area (Å²) in [5, 5.41) is 2.95. The van der Waals surface area contributed by atoms with Gasteiger partial charge in [0, 0.05) is 31.9 Å². The van der Waals surface area contributed by atoms with E-state index in [1.165, 1.54) is 17.5 Å². The van der Waals surface area contributed by atoms with Crippen molar-refractivity contribution in [3.05, 3.63) is 58.7 Å². The van der Waals surface area contributed by atoms with Gasteiger partial charge in [-0.25, -0.2) is 8.42 Å². The monoisotopic (exact) mass is 441 g/mol. The minimum absolute atomic E-state index is 0.0732. The van der Waals surface area contributed by atoms with Crippen LogP contribution in [0.25, 0.3) is 0 Å². The number of hydrogen-bond donors (Lipinski definition) is 1. The van der Waals surface area contributed by atoms with E-state index >= 15 is 0 Å². The molecule has 2 aromatic rings. The van der Waals surface area contributed by atoms with Crippen LogP contribution in [0.1, 0.15) is 35.1 Å². The van der Waals surface area contributed by atoms with Crippen molar-refractivity contribution >= 4 is 21.6 Å². The fourth-order valence-electron chi connectivity index (χ4n) is 4.60. The Bertz CT molecular complexity index is 1050. The maximum atomic E-state index is 13.1. The number of nitrogens with zero attached hydrogens (tertiary/aromatic N) is 2. The predicted octanol–water partition coefficient (Wildman–Crippen LogP) is 3.13. The Morgan fingerprint density at radius 2 is 1.55 bits per heavy atom. The summed E-state index contributed by atoms with van der Waals surface area (Å²) in [6.07, 6.45) is 4.30. The largest absolute Gasteiger partial charge is 0.325 e. The zero-order valence-electron chi connectivity index (χ0n) is 18.4. The highest BCUT2D eigenvalue weighted by Crippen LogP contribution is 2.26. The second-order valence-corrected chi connectivity index (χ2v) is 10.7. The topological polar surface area (TPSA) is 69.7 Å². The zero-order valence-corrected chi connectivity index (χ0v) is 19.2. The highest BCUT2D eigenvalue weighted by molar-refractivity contribution is 7.89. The molecule has 2 aromatic carbocycles. The number of benzene rings is 2. The Labute approximate surface area is 185 Å². The van der Waals surface area contributed by atoms with Gasteiger partial charge in [-0.05, 0) is 86.1 Å². The molecular weight excluding hydrogens is 410 g/mol. The number of hydrogen-bond acceptors (Lipinski definition) is 4. The molecule has 1 aliphatic heterocycles. The molecule has 0 spiro atoms. The molecule has 1 saturated heterocycles. The summed E-state index contributed by atoms with van der Waals surface area (Å²) in [7, 11) is -3.50. The van der Waals surface area contributed by atoms with E-state index in [4.69, 9.17) is 0 Å². The maximum Gasteiger partial charge on any atom is 0.243 e. The molecule has 4 rings (SSSR count). The summed E-state index contributed by atoms with van der Waals surface area (Å²) in [4.78, 5) is 14.9. The lowest BCUT2D eigenvalue weighted by atomic mass is 9.92. The Morgan fingerprint density at radius 1 is 0.903 bits per heavy atom. The van der Waals surface area contributed by atoms with Crippen molar-refractivity contribution < 1.29 is 13.2 Å². The number of fused-ring (bicyclic) bond motifs is 1. The van der Waals surface area contributed by atoms with E-state index in [1.807, 2.05) is 43.0 Å². The van der Waals surface area contributed by atoms with Gasteiger partial charge in [-0.15, -0.1) is 0 Å². The van der Waals surface area contributed by atoms with Gasteiger partial charge in [-0.1, -0.05) is 12.1 Å². The maximum absolute atomic E-state index is 13.1. The highest BCUT2D eigenvalue weighted by atomic mass is 32.2. The molecule has 1 heterocycles. The first-order valence-corrected chi connectivity index (χ1v) is 12.5. The highest BCUT2D eigenvalue weighted by Gasteiger charge is 2.29. The van der Waals surface area contributed by atoms with E-state index in [0.717, 1.165) is 36.1 Å². The van der Waals surface area contributed by atoms with Crippen LogP contribution in [-0.4, -0.2) is 56.3 Å². The summed E-state index contributed by atoms with van der Waals surface area (Å²) in [5.74, 6) is -0.0732. The molecule has 0 unspecified atom stereocenters. The van der Waals surface area contributed by atoms with Gasteiger partial charge >= 0.3 is 0 Å². The minimum atomic E-state index is -3.50. The molecule has 6 nitrogen and oxygen atoms in total. The third-order valence-electron chi connectivity index (χ3n) is 6.16. The Hall–Kier alpha value is -2.22. The summed E-state index contributed by atoms with van der Waals surface area (Å²) in [5.41, 5.74) is 5.47. The summed E-state index contributed by atoms with van der Waals surface area (Å²) in [6.45, 7) is 6.16. The van der Waals surface area contributed by atoms with Crippen LogP contribution >= 0.6 is 0 Å². The fraction of sp³-hybridized carbons (Fsp3) is 0.458. The van der Waals surface area contributed by atoms with Crippen LogP contribution in [0.3, 0.4) is 0 Å². The molecule has 0 radical (unpaired) electrons. The lowest BCUT2D eigenvalue weighted by Gasteiger charge is -2.33. The first kappa shape index (κ1) is 22.0. The molecule has 1 N–H and O–H groups in total. The van der Waals surface area contributed by atoms with Crippen molar-refractivity contribution in [2.24, 2.45) is 0 Å². The van der Waals surface area contributed by atoms with E-state index in [9.17, 15) is 13.2 Å². The van der Waals surface area contributed by atoms with E-state index in [-0.39, 0.29) is 12.5 Å². The normalized spacial score (nSPS) is 17.9. The molecular formula is C24H31N3O3S. The van der Waals surface area contributed by atoms with Crippen LogP contribution < -0.4 is 5.32 Å². The number of anilines is 1. The molecule has 1 amide bonds. The molecule has 166 valence electrons. The van der Waals surface area contributed by atoms with E-state index in [2.05, 4.69) is 11.4 Å². The smallest absolute Gasteiger partial charge is 0.243 e. The lowest BCUT2D eigenvalue weighted by molar-refractivity contribution is -0.117. The van der Waals surface area contributed by atoms with Crippen molar-refractivity contribution in [1.82, 2.24) is 9.21 Å². The molecule has 1 aliphatic carbocycles. The van der Waals surface area contributed by atoms with Crippen LogP contribution in [0.4, 0.5) is 5.69 Å². The van der Waals surface area contributed by atoms with E-state index < -0.39 is 10.0 Å². The lowest BCUT2D eigenvalue weighted by Crippen LogP contribution is -2.50. The van der Waals surface area contributed by atoms with Crippen LogP contribution in [0.2, 0.25) is 0 Å². The molecule has 1 fully saturated rings. The van der Waals surface area contributed by atoms with Crippen LogP contribution in [-0.2, 0) is 27.7 Å². The van der Waals surface area contributed by atoms with Crippen molar-refractivity contribution in [3.63, 3.8) is 0 Å². The van der Waals surface area contributed by atoms with E-state index in [0.29, 0.717) is 31.1 Å². The first-order chi connectivity index (χ1) is 14.8. The summed E-state index contributed by atoms with van der Waals surface area (Å²) >= 11 is 0. The Balaban J connectivity index is 1.34.